The lowest BCUT2D eigenvalue weighted by atomic mass is 10.2. The fraction of sp³-hybridized carbons (Fsp3) is 0.105. The fourth-order valence-electron chi connectivity index (χ4n) is 2.45. The van der Waals surface area contributed by atoms with Crippen molar-refractivity contribution in [3.63, 3.8) is 0 Å². The van der Waals surface area contributed by atoms with Crippen LogP contribution in [0.5, 0.6) is 5.75 Å². The first-order chi connectivity index (χ1) is 12.7. The van der Waals surface area contributed by atoms with Gasteiger partial charge in [-0.2, -0.15) is 0 Å². The molecule has 1 amide bonds. The number of amides is 1. The van der Waals surface area contributed by atoms with E-state index < -0.39 is 0 Å². The van der Waals surface area contributed by atoms with E-state index in [1.54, 1.807) is 23.7 Å². The third kappa shape index (κ3) is 3.74. The molecule has 0 aliphatic heterocycles. The van der Waals surface area contributed by atoms with Crippen LogP contribution in [0.1, 0.15) is 21.6 Å². The number of aryl methyl sites for hydroxylation is 1. The molecule has 0 radical (unpaired) electrons. The van der Waals surface area contributed by atoms with Crippen LogP contribution >= 0.6 is 22.7 Å². The van der Waals surface area contributed by atoms with Gasteiger partial charge in [0.15, 0.2) is 5.13 Å². The third-order valence-corrected chi connectivity index (χ3v) is 5.30. The highest BCUT2D eigenvalue weighted by Gasteiger charge is 2.11. The quantitative estimate of drug-likeness (QED) is 0.534. The number of fused-ring (bicyclic) bond motifs is 1. The fourth-order valence-corrected chi connectivity index (χ4v) is 3.95. The van der Waals surface area contributed by atoms with E-state index in [9.17, 15) is 4.79 Å². The maximum absolute atomic E-state index is 12.5. The van der Waals surface area contributed by atoms with Crippen LogP contribution in [0.15, 0.2) is 53.4 Å². The number of anilines is 1. The Balaban J connectivity index is 1.47. The van der Waals surface area contributed by atoms with Gasteiger partial charge in [-0.05, 0) is 42.8 Å². The largest absolute Gasteiger partial charge is 0.487 e. The van der Waals surface area contributed by atoms with Crippen LogP contribution in [-0.4, -0.2) is 15.9 Å². The number of nitrogens with zero attached hydrogens (tertiary/aromatic N) is 2. The highest BCUT2D eigenvalue weighted by atomic mass is 32.1. The van der Waals surface area contributed by atoms with Crippen molar-refractivity contribution in [2.45, 2.75) is 13.5 Å². The van der Waals surface area contributed by atoms with Crippen LogP contribution in [0.4, 0.5) is 5.13 Å². The molecule has 0 aliphatic carbocycles. The maximum Gasteiger partial charge on any atom is 0.257 e. The molecule has 5 nitrogen and oxygen atoms in total. The van der Waals surface area contributed by atoms with Crippen molar-refractivity contribution >= 4 is 43.9 Å². The Bertz CT molecular complexity index is 1060. The molecule has 0 bridgehead atoms. The monoisotopic (exact) mass is 381 g/mol. The molecule has 0 aliphatic rings. The van der Waals surface area contributed by atoms with Crippen LogP contribution in [0.25, 0.3) is 10.2 Å². The Labute approximate surface area is 158 Å². The molecule has 2 aromatic heterocycles. The second kappa shape index (κ2) is 7.23. The minimum atomic E-state index is -0.208. The number of ether oxygens (including phenoxy) is 1. The highest BCUT2D eigenvalue weighted by molar-refractivity contribution is 7.22. The van der Waals surface area contributed by atoms with Crippen molar-refractivity contribution in [3.05, 3.63) is 70.2 Å². The van der Waals surface area contributed by atoms with E-state index in [1.807, 2.05) is 30.5 Å². The number of rotatable bonds is 5. The van der Waals surface area contributed by atoms with Crippen molar-refractivity contribution < 1.29 is 9.53 Å². The summed E-state index contributed by atoms with van der Waals surface area (Å²) in [5, 5.41) is 5.39. The van der Waals surface area contributed by atoms with E-state index in [4.69, 9.17) is 4.74 Å². The summed E-state index contributed by atoms with van der Waals surface area (Å²) in [7, 11) is 0. The Morgan fingerprint density at radius 1 is 1.23 bits per heavy atom. The van der Waals surface area contributed by atoms with Gasteiger partial charge in [-0.3, -0.25) is 10.1 Å². The summed E-state index contributed by atoms with van der Waals surface area (Å²) in [6.07, 6.45) is 0. The minimum Gasteiger partial charge on any atom is -0.487 e. The van der Waals surface area contributed by atoms with Gasteiger partial charge in [-0.25, -0.2) is 9.97 Å². The zero-order valence-electron chi connectivity index (χ0n) is 13.9. The number of carbonyl (C=O) groups is 1. The summed E-state index contributed by atoms with van der Waals surface area (Å²) in [4.78, 5) is 21.2. The lowest BCUT2D eigenvalue weighted by Crippen LogP contribution is -2.11. The van der Waals surface area contributed by atoms with Gasteiger partial charge in [-0.15, -0.1) is 11.3 Å². The average Bonchev–Trinajstić information content (AvgIpc) is 3.29. The van der Waals surface area contributed by atoms with Crippen LogP contribution in [0, 0.1) is 6.92 Å². The topological polar surface area (TPSA) is 64.1 Å². The molecule has 4 aromatic rings. The summed E-state index contributed by atoms with van der Waals surface area (Å²) < 4.78 is 6.76. The van der Waals surface area contributed by atoms with Crippen molar-refractivity contribution in [3.8, 4) is 5.75 Å². The Hall–Kier alpha value is -2.77. The average molecular weight is 381 g/mol. The normalized spacial score (nSPS) is 10.8. The lowest BCUT2D eigenvalue weighted by molar-refractivity contribution is 0.102. The number of aromatic nitrogens is 2. The van der Waals surface area contributed by atoms with E-state index in [2.05, 4.69) is 21.4 Å². The zero-order valence-corrected chi connectivity index (χ0v) is 15.6. The molecular weight excluding hydrogens is 366 g/mol. The van der Waals surface area contributed by atoms with E-state index in [1.165, 1.54) is 28.2 Å². The number of nitrogens with one attached hydrogen (secondary N) is 1. The van der Waals surface area contributed by atoms with E-state index in [-0.39, 0.29) is 5.91 Å². The van der Waals surface area contributed by atoms with Crippen LogP contribution in [0.2, 0.25) is 0 Å². The smallest absolute Gasteiger partial charge is 0.257 e. The molecule has 0 atom stereocenters. The van der Waals surface area contributed by atoms with Gasteiger partial charge in [0, 0.05) is 10.9 Å². The van der Waals surface area contributed by atoms with Gasteiger partial charge in [-0.1, -0.05) is 23.5 Å². The molecule has 26 heavy (non-hydrogen) atoms. The number of hydrogen-bond donors (Lipinski definition) is 1. The predicted octanol–water partition coefficient (Wildman–Crippen LogP) is 4.89. The van der Waals surface area contributed by atoms with Crippen LogP contribution in [-0.2, 0) is 6.61 Å². The molecule has 0 saturated carbocycles. The number of benzene rings is 2. The third-order valence-electron chi connectivity index (χ3n) is 3.73. The maximum atomic E-state index is 12.5. The Morgan fingerprint density at radius 2 is 2.15 bits per heavy atom. The highest BCUT2D eigenvalue weighted by Crippen LogP contribution is 2.27. The first kappa shape index (κ1) is 16.7. The molecule has 2 heterocycles. The van der Waals surface area contributed by atoms with Gasteiger partial charge in [0.05, 0.1) is 21.4 Å². The van der Waals surface area contributed by atoms with Gasteiger partial charge in [0.1, 0.15) is 12.4 Å². The van der Waals surface area contributed by atoms with Crippen LogP contribution in [0.3, 0.4) is 0 Å². The molecule has 0 unspecified atom stereocenters. The molecule has 0 fully saturated rings. The summed E-state index contributed by atoms with van der Waals surface area (Å²) in [6, 6.07) is 13.1. The molecular formula is C19H15N3O2S2. The van der Waals surface area contributed by atoms with E-state index >= 15 is 0 Å². The standard InChI is InChI=1S/C19H15N3O2S2/c1-12-5-6-16-17(7-12)26-19(21-16)22-18(23)13-3-2-4-15(8-13)24-9-14-10-25-11-20-14/h2-8,10-11H,9H2,1H3,(H,21,22,23). The van der Waals surface area contributed by atoms with E-state index in [0.29, 0.717) is 23.1 Å². The minimum absolute atomic E-state index is 0.208. The van der Waals surface area contributed by atoms with Gasteiger partial charge >= 0.3 is 0 Å². The Kier molecular flexibility index (Phi) is 4.64. The second-order valence-corrected chi connectivity index (χ2v) is 7.49. The molecule has 0 saturated heterocycles. The summed E-state index contributed by atoms with van der Waals surface area (Å²) in [6.45, 7) is 2.42. The van der Waals surface area contributed by atoms with Crippen molar-refractivity contribution in [1.82, 2.24) is 9.97 Å². The molecule has 1 N–H and O–H groups in total. The lowest BCUT2D eigenvalue weighted by Gasteiger charge is -2.06. The summed E-state index contributed by atoms with van der Waals surface area (Å²) in [5.74, 6) is 0.422. The molecule has 130 valence electrons. The molecule has 0 spiro atoms. The number of carbonyl (C=O) groups excluding carboxylic acids is 1. The molecule has 4 rings (SSSR count). The first-order valence-corrected chi connectivity index (χ1v) is 9.72. The number of thiazole rings is 2. The zero-order chi connectivity index (χ0) is 17.9. The first-order valence-electron chi connectivity index (χ1n) is 7.96. The second-order valence-electron chi connectivity index (χ2n) is 5.74. The molecule has 2 aromatic carbocycles. The SMILES string of the molecule is Cc1ccc2nc(NC(=O)c3cccc(OCc4cscn4)c3)sc2c1. The van der Waals surface area contributed by atoms with Crippen molar-refractivity contribution in [2.24, 2.45) is 0 Å². The Morgan fingerprint density at radius 3 is 3.00 bits per heavy atom. The number of hydrogen-bond acceptors (Lipinski definition) is 6. The molecule has 7 heteroatoms. The summed E-state index contributed by atoms with van der Waals surface area (Å²) >= 11 is 2.99. The van der Waals surface area contributed by atoms with Crippen LogP contribution < -0.4 is 10.1 Å². The van der Waals surface area contributed by atoms with Gasteiger partial charge < -0.3 is 4.74 Å². The van der Waals surface area contributed by atoms with Gasteiger partial charge in [0.25, 0.3) is 5.91 Å². The predicted molar refractivity (Wildman–Crippen MR) is 105 cm³/mol. The summed E-state index contributed by atoms with van der Waals surface area (Å²) in [5.41, 5.74) is 5.22. The van der Waals surface area contributed by atoms with Crippen molar-refractivity contribution in [2.75, 3.05) is 5.32 Å². The van der Waals surface area contributed by atoms with E-state index in [0.717, 1.165) is 15.9 Å². The van der Waals surface area contributed by atoms with Crippen molar-refractivity contribution in [1.29, 1.82) is 0 Å². The van der Waals surface area contributed by atoms with Gasteiger partial charge in [0.2, 0.25) is 0 Å².